The molecule has 1 aliphatic heterocycles. The Hall–Kier alpha value is -4.75. The first kappa shape index (κ1) is 34.1. The zero-order valence-electron chi connectivity index (χ0n) is 26.2. The summed E-state index contributed by atoms with van der Waals surface area (Å²) < 4.78 is 28.8. The number of hydrazone groups is 1. The zero-order chi connectivity index (χ0) is 33.2. The first-order chi connectivity index (χ1) is 22.1. The number of methoxy groups -OCH3 is 2. The molecule has 0 spiro atoms. The van der Waals surface area contributed by atoms with Gasteiger partial charge in [-0.15, -0.1) is 0 Å². The van der Waals surface area contributed by atoms with E-state index in [0.717, 1.165) is 11.1 Å². The molecule has 1 aliphatic rings. The van der Waals surface area contributed by atoms with Crippen molar-refractivity contribution < 1.29 is 38.4 Å². The molecule has 0 radical (unpaired) electrons. The molecular weight excluding hydrogens is 660 g/mol. The summed E-state index contributed by atoms with van der Waals surface area (Å²) in [6.45, 7) is 6.02. The molecule has 13 heteroatoms. The van der Waals surface area contributed by atoms with Crippen LogP contribution in [-0.2, 0) is 16.1 Å². The Labute approximate surface area is 275 Å². The van der Waals surface area contributed by atoms with Gasteiger partial charge in [0.05, 0.1) is 43.1 Å². The molecule has 0 fully saturated rings. The Kier molecular flexibility index (Phi) is 11.9. The Balaban J connectivity index is 1.39. The number of carbonyl (C=O) groups is 2. The number of allylic oxidation sites excluding steroid dienone is 1. The van der Waals surface area contributed by atoms with Crippen LogP contribution >= 0.6 is 15.9 Å². The smallest absolute Gasteiger partial charge is 0.337 e. The number of ether oxygens (including phenoxy) is 5. The fourth-order valence-corrected chi connectivity index (χ4v) is 5.31. The SMILES string of the molecule is CCOc1cc([C@H]2NC(=O)NC(C)=C2C(=O)OC)ccc1OC[C@H](O)N/N=C\c1cc(Br)c(OCc2cccc(C)c2)c(OC)c1. The van der Waals surface area contributed by atoms with Crippen LogP contribution in [0.5, 0.6) is 23.0 Å². The first-order valence-electron chi connectivity index (χ1n) is 14.4. The van der Waals surface area contributed by atoms with E-state index in [2.05, 4.69) is 43.2 Å². The molecule has 244 valence electrons. The summed E-state index contributed by atoms with van der Waals surface area (Å²) >= 11 is 3.55. The second-order valence-electron chi connectivity index (χ2n) is 10.2. The Morgan fingerprint density at radius 2 is 1.87 bits per heavy atom. The third kappa shape index (κ3) is 8.70. The lowest BCUT2D eigenvalue weighted by atomic mass is 9.95. The Bertz CT molecular complexity index is 1630. The normalized spacial score (nSPS) is 15.1. The molecule has 3 aromatic carbocycles. The van der Waals surface area contributed by atoms with Crippen LogP contribution < -0.4 is 35.0 Å². The maximum atomic E-state index is 12.5. The highest BCUT2D eigenvalue weighted by molar-refractivity contribution is 9.10. The van der Waals surface area contributed by atoms with Crippen molar-refractivity contribution in [3.63, 3.8) is 0 Å². The van der Waals surface area contributed by atoms with E-state index in [9.17, 15) is 14.7 Å². The number of hydrogen-bond donors (Lipinski definition) is 4. The number of rotatable bonds is 14. The number of aliphatic hydroxyl groups is 1. The van der Waals surface area contributed by atoms with Crippen LogP contribution in [0.4, 0.5) is 4.79 Å². The summed E-state index contributed by atoms with van der Waals surface area (Å²) in [4.78, 5) is 24.6. The average molecular weight is 698 g/mol. The lowest BCUT2D eigenvalue weighted by Gasteiger charge is -2.28. The molecule has 3 aromatic rings. The van der Waals surface area contributed by atoms with Crippen LogP contribution in [0, 0.1) is 6.92 Å². The molecule has 0 saturated heterocycles. The molecule has 0 aliphatic carbocycles. The van der Waals surface area contributed by atoms with Crippen LogP contribution in [0.15, 0.2) is 75.4 Å². The highest BCUT2D eigenvalue weighted by Crippen LogP contribution is 2.37. The van der Waals surface area contributed by atoms with Gasteiger partial charge in [-0.1, -0.05) is 35.9 Å². The predicted molar refractivity (Wildman–Crippen MR) is 175 cm³/mol. The van der Waals surface area contributed by atoms with E-state index in [0.29, 0.717) is 57.5 Å². The monoisotopic (exact) mass is 696 g/mol. The number of hydrogen-bond acceptors (Lipinski definition) is 10. The first-order valence-corrected chi connectivity index (χ1v) is 15.2. The van der Waals surface area contributed by atoms with Gasteiger partial charge in [0.15, 0.2) is 29.2 Å². The molecule has 0 saturated carbocycles. The largest absolute Gasteiger partial charge is 0.493 e. The van der Waals surface area contributed by atoms with E-state index in [-0.39, 0.29) is 12.2 Å². The molecule has 2 atom stereocenters. The van der Waals surface area contributed by atoms with Crippen molar-refractivity contribution in [2.45, 2.75) is 39.6 Å². The minimum absolute atomic E-state index is 0.161. The molecule has 2 amide bonds. The van der Waals surface area contributed by atoms with Gasteiger partial charge >= 0.3 is 12.0 Å². The van der Waals surface area contributed by atoms with E-state index in [1.165, 1.54) is 13.3 Å². The molecule has 0 unspecified atom stereocenters. The summed E-state index contributed by atoms with van der Waals surface area (Å²) in [5.74, 6) is 1.23. The molecule has 12 nitrogen and oxygen atoms in total. The molecule has 0 aromatic heterocycles. The number of benzene rings is 3. The van der Waals surface area contributed by atoms with E-state index in [1.54, 1.807) is 38.3 Å². The quantitative estimate of drug-likeness (QED) is 0.0802. The number of aryl methyl sites for hydroxylation is 1. The highest BCUT2D eigenvalue weighted by atomic mass is 79.9. The number of amides is 2. The number of urea groups is 1. The number of halogens is 1. The fourth-order valence-electron chi connectivity index (χ4n) is 4.73. The van der Waals surface area contributed by atoms with E-state index < -0.39 is 24.3 Å². The van der Waals surface area contributed by atoms with Crippen molar-refractivity contribution in [2.24, 2.45) is 5.10 Å². The van der Waals surface area contributed by atoms with Gasteiger partial charge in [-0.2, -0.15) is 5.10 Å². The number of nitrogens with one attached hydrogen (secondary N) is 3. The summed E-state index contributed by atoms with van der Waals surface area (Å²) in [6.07, 6.45) is 0.371. The summed E-state index contributed by atoms with van der Waals surface area (Å²) in [6, 6.07) is 15.5. The number of aliphatic hydroxyl groups excluding tert-OH is 1. The third-order valence-corrected chi connectivity index (χ3v) is 7.42. The third-order valence-electron chi connectivity index (χ3n) is 6.83. The van der Waals surface area contributed by atoms with Gasteiger partial charge in [0.25, 0.3) is 0 Å². The molecule has 4 rings (SSSR count). The molecule has 0 bridgehead atoms. The van der Waals surface area contributed by atoms with Gasteiger partial charge in [0.1, 0.15) is 13.2 Å². The summed E-state index contributed by atoms with van der Waals surface area (Å²) in [7, 11) is 2.83. The van der Waals surface area contributed by atoms with E-state index in [4.69, 9.17) is 23.7 Å². The van der Waals surface area contributed by atoms with Crippen molar-refractivity contribution in [1.82, 2.24) is 16.1 Å². The second kappa shape index (κ2) is 16.0. The minimum Gasteiger partial charge on any atom is -0.493 e. The average Bonchev–Trinajstić information content (AvgIpc) is 3.03. The molecule has 1 heterocycles. The van der Waals surface area contributed by atoms with Crippen molar-refractivity contribution in [3.8, 4) is 23.0 Å². The van der Waals surface area contributed by atoms with Crippen molar-refractivity contribution in [1.29, 1.82) is 0 Å². The summed E-state index contributed by atoms with van der Waals surface area (Å²) in [5.41, 5.74) is 6.77. The Morgan fingerprint density at radius 1 is 1.07 bits per heavy atom. The van der Waals surface area contributed by atoms with Crippen LogP contribution in [-0.4, -0.2) is 57.0 Å². The predicted octanol–water partition coefficient (Wildman–Crippen LogP) is 4.87. The maximum absolute atomic E-state index is 12.5. The maximum Gasteiger partial charge on any atom is 0.337 e. The van der Waals surface area contributed by atoms with Gasteiger partial charge < -0.3 is 39.4 Å². The minimum atomic E-state index is -1.16. The van der Waals surface area contributed by atoms with Crippen LogP contribution in [0.3, 0.4) is 0 Å². The van der Waals surface area contributed by atoms with Gasteiger partial charge in [0, 0.05) is 5.70 Å². The molecular formula is C33H37BrN4O8. The Morgan fingerprint density at radius 3 is 2.59 bits per heavy atom. The number of nitrogens with zero attached hydrogens (tertiary/aromatic N) is 1. The van der Waals surface area contributed by atoms with Gasteiger partial charge in [-0.25, -0.2) is 9.59 Å². The molecule has 4 N–H and O–H groups in total. The van der Waals surface area contributed by atoms with Crippen LogP contribution in [0.25, 0.3) is 0 Å². The molecule has 46 heavy (non-hydrogen) atoms. The highest BCUT2D eigenvalue weighted by Gasteiger charge is 2.32. The topological polar surface area (TPSA) is 149 Å². The van der Waals surface area contributed by atoms with E-state index in [1.807, 2.05) is 38.1 Å². The van der Waals surface area contributed by atoms with Gasteiger partial charge in [0.2, 0.25) is 0 Å². The van der Waals surface area contributed by atoms with Crippen molar-refractivity contribution in [3.05, 3.63) is 92.6 Å². The lowest BCUT2D eigenvalue weighted by molar-refractivity contribution is -0.136. The fraction of sp³-hybridized carbons (Fsp3) is 0.303. The van der Waals surface area contributed by atoms with Crippen LogP contribution in [0.2, 0.25) is 0 Å². The summed E-state index contributed by atoms with van der Waals surface area (Å²) in [5, 5.41) is 20.0. The number of carbonyl (C=O) groups excluding carboxylic acids is 2. The second-order valence-corrected chi connectivity index (χ2v) is 11.1. The zero-order valence-corrected chi connectivity index (χ0v) is 27.8. The van der Waals surface area contributed by atoms with Gasteiger partial charge in [-0.3, -0.25) is 5.43 Å². The number of esters is 1. The van der Waals surface area contributed by atoms with Crippen molar-refractivity contribution in [2.75, 3.05) is 27.4 Å². The lowest BCUT2D eigenvalue weighted by Crippen LogP contribution is -2.45. The standard InChI is InChI=1S/C33H37BrN4O8/c1-6-44-26-15-23(30-29(32(40)43-5)20(3)36-33(41)37-30)10-11-25(26)45-18-28(39)38-35-16-22-13-24(34)31(27(14-22)42-4)46-17-21-9-7-8-19(2)12-21/h7-16,28,30,38-39H,6,17-18H2,1-5H3,(H2,36,37,41)/b35-16-/t28-,30+/m0/s1. The van der Waals surface area contributed by atoms with E-state index >= 15 is 0 Å². The van der Waals surface area contributed by atoms with Crippen LogP contribution in [0.1, 0.15) is 42.1 Å². The van der Waals surface area contributed by atoms with Gasteiger partial charge in [-0.05, 0) is 77.7 Å². The van der Waals surface area contributed by atoms with Crippen molar-refractivity contribution >= 4 is 34.1 Å².